The minimum atomic E-state index is -1.14. The molecule has 0 aliphatic heterocycles. The summed E-state index contributed by atoms with van der Waals surface area (Å²) in [7, 11) is 0. The number of hydrogen-bond donors (Lipinski definition) is 10. The molecule has 0 radical (unpaired) electrons. The Labute approximate surface area is 337 Å². The highest BCUT2D eigenvalue weighted by atomic mass is 16.4. The van der Waals surface area contributed by atoms with Gasteiger partial charge in [0.1, 0.15) is 22.4 Å². The molecule has 7 aromatic carbocycles. The predicted molar refractivity (Wildman–Crippen MR) is 220 cm³/mol. The van der Waals surface area contributed by atoms with E-state index in [9.17, 15) is 51.1 Å². The third-order valence-corrected chi connectivity index (χ3v) is 10.0. The number of furan rings is 1. The molecule has 296 valence electrons. The average Bonchev–Trinajstić information content (AvgIpc) is 3.68. The largest absolute Gasteiger partial charge is 0.504 e. The smallest absolute Gasteiger partial charge is 0.208 e. The van der Waals surface area contributed by atoms with Crippen LogP contribution in [0.3, 0.4) is 0 Å². The number of phenolic OH excluding ortho intramolecular Hbond substituents is 10. The highest BCUT2D eigenvalue weighted by molar-refractivity contribution is 6.16. The van der Waals surface area contributed by atoms with Gasteiger partial charge in [0.25, 0.3) is 0 Å². The Kier molecular flexibility index (Phi) is 8.56. The van der Waals surface area contributed by atoms with Crippen LogP contribution in [0, 0.1) is 0 Å². The van der Waals surface area contributed by atoms with Crippen molar-refractivity contribution in [3.63, 3.8) is 0 Å². The fourth-order valence-electron chi connectivity index (χ4n) is 7.13. The Hall–Kier alpha value is -8.85. The fourth-order valence-corrected chi connectivity index (χ4v) is 7.13. The van der Waals surface area contributed by atoms with Gasteiger partial charge in [-0.15, -0.1) is 0 Å². The first-order valence-electron chi connectivity index (χ1n) is 18.0. The summed E-state index contributed by atoms with van der Waals surface area (Å²) in [4.78, 5) is 15.2. The first-order chi connectivity index (χ1) is 28.9. The lowest BCUT2D eigenvalue weighted by Gasteiger charge is -2.27. The van der Waals surface area contributed by atoms with Crippen molar-refractivity contribution in [3.8, 4) is 103 Å². The molecule has 0 saturated heterocycles. The number of fused-ring (bicyclic) bond motifs is 3. The van der Waals surface area contributed by atoms with Crippen molar-refractivity contribution < 1.29 is 55.5 Å². The van der Waals surface area contributed by atoms with Crippen LogP contribution in [0.15, 0.2) is 126 Å². The maximum absolute atomic E-state index is 10.9. The zero-order chi connectivity index (χ0) is 42.0. The Morgan fingerprint density at radius 3 is 1.50 bits per heavy atom. The molecular formula is C45H30N4O11. The maximum atomic E-state index is 10.9. The monoisotopic (exact) mass is 802 g/mol. The highest BCUT2D eigenvalue weighted by Gasteiger charge is 2.30. The third-order valence-electron chi connectivity index (χ3n) is 10.0. The molecule has 15 nitrogen and oxygen atoms in total. The van der Waals surface area contributed by atoms with Crippen LogP contribution in [0.25, 0.3) is 67.2 Å². The standard InChI is InChI=1S/C45H30N4O11/c50-32-30(33(51)37(55)40(58)36(32)54)45-47-43(22-9-3-1-4-10-22)46-44(48-45)27-20-19-25(29-26-13-7-8-14-28(26)60-42(27)29)21-15-17-24(18-16-21)49(23-11-5-2-6-12-23)31-34(52)38(56)41(59)39(57)35(31)53/h1-20,50-59H. The lowest BCUT2D eigenvalue weighted by Crippen LogP contribution is -2.10. The van der Waals surface area contributed by atoms with Crippen LogP contribution in [0.4, 0.5) is 17.1 Å². The number of anilines is 3. The number of para-hydroxylation sites is 2. The van der Waals surface area contributed by atoms with Gasteiger partial charge < -0.3 is 60.4 Å². The molecule has 10 N–H and O–H groups in total. The minimum absolute atomic E-state index is 0.0224. The van der Waals surface area contributed by atoms with Crippen molar-refractivity contribution in [2.24, 2.45) is 0 Å². The molecule has 0 saturated carbocycles. The van der Waals surface area contributed by atoms with E-state index in [2.05, 4.69) is 9.97 Å². The molecule has 9 rings (SSSR count). The van der Waals surface area contributed by atoms with E-state index in [-0.39, 0.29) is 23.2 Å². The SMILES string of the molecule is Oc1c(O)c(O)c(-c2nc(-c3ccccc3)nc(-c3ccc(-c4ccc(N(c5ccccc5)c5c(O)c(O)c(O)c(O)c5O)cc4)c4c3oc3ccccc34)n2)c(O)c1O. The molecule has 0 unspecified atom stereocenters. The highest BCUT2D eigenvalue weighted by Crippen LogP contribution is 2.58. The van der Waals surface area contributed by atoms with Crippen molar-refractivity contribution in [2.75, 3.05) is 4.90 Å². The van der Waals surface area contributed by atoms with Gasteiger partial charge >= 0.3 is 0 Å². The van der Waals surface area contributed by atoms with Gasteiger partial charge in [0.05, 0.1) is 5.56 Å². The van der Waals surface area contributed by atoms with E-state index in [1.807, 2.05) is 24.3 Å². The maximum Gasteiger partial charge on any atom is 0.208 e. The summed E-state index contributed by atoms with van der Waals surface area (Å²) in [6.45, 7) is 0. The second-order valence-corrected chi connectivity index (χ2v) is 13.6. The van der Waals surface area contributed by atoms with Crippen LogP contribution < -0.4 is 4.90 Å². The van der Waals surface area contributed by atoms with Crippen LogP contribution in [-0.4, -0.2) is 66.0 Å². The van der Waals surface area contributed by atoms with E-state index in [4.69, 9.17) is 9.40 Å². The Morgan fingerprint density at radius 2 is 0.867 bits per heavy atom. The quantitative estimate of drug-likeness (QED) is 0.0533. The normalized spacial score (nSPS) is 11.3. The van der Waals surface area contributed by atoms with E-state index in [1.54, 1.807) is 97.1 Å². The number of phenols is 10. The van der Waals surface area contributed by atoms with Gasteiger partial charge in [-0.05, 0) is 47.5 Å². The molecular weight excluding hydrogens is 773 g/mol. The number of aromatic nitrogens is 3. The first kappa shape index (κ1) is 36.8. The zero-order valence-electron chi connectivity index (χ0n) is 30.7. The number of nitrogens with zero attached hydrogens (tertiary/aromatic N) is 4. The topological polar surface area (TPSA) is 257 Å². The second kappa shape index (κ2) is 14.0. The molecule has 0 amide bonds. The third kappa shape index (κ3) is 5.72. The molecule has 9 aromatic rings. The van der Waals surface area contributed by atoms with Crippen molar-refractivity contribution in [1.82, 2.24) is 15.0 Å². The number of aromatic hydroxyl groups is 10. The summed E-state index contributed by atoms with van der Waals surface area (Å²) < 4.78 is 6.48. The summed E-state index contributed by atoms with van der Waals surface area (Å²) >= 11 is 0. The summed E-state index contributed by atoms with van der Waals surface area (Å²) in [6, 6.07) is 35.1. The lowest BCUT2D eigenvalue weighted by molar-refractivity contribution is 0.329. The number of benzene rings is 7. The molecule has 0 aliphatic carbocycles. The van der Waals surface area contributed by atoms with Gasteiger partial charge in [0, 0.05) is 27.7 Å². The van der Waals surface area contributed by atoms with Crippen molar-refractivity contribution in [1.29, 1.82) is 0 Å². The van der Waals surface area contributed by atoms with Crippen LogP contribution in [0.2, 0.25) is 0 Å². The summed E-state index contributed by atoms with van der Waals surface area (Å²) in [5.41, 5.74) is 2.99. The van der Waals surface area contributed by atoms with E-state index in [0.717, 1.165) is 5.39 Å². The summed E-state index contributed by atoms with van der Waals surface area (Å²) in [5, 5.41) is 107. The molecule has 0 aliphatic rings. The number of hydrogen-bond acceptors (Lipinski definition) is 15. The van der Waals surface area contributed by atoms with Gasteiger partial charge in [-0.25, -0.2) is 15.0 Å². The van der Waals surface area contributed by atoms with E-state index in [0.29, 0.717) is 50.2 Å². The van der Waals surface area contributed by atoms with E-state index >= 15 is 0 Å². The van der Waals surface area contributed by atoms with Crippen LogP contribution >= 0.6 is 0 Å². The van der Waals surface area contributed by atoms with Crippen molar-refractivity contribution in [2.45, 2.75) is 0 Å². The Morgan fingerprint density at radius 1 is 0.383 bits per heavy atom. The van der Waals surface area contributed by atoms with Gasteiger partial charge in [-0.2, -0.15) is 0 Å². The zero-order valence-corrected chi connectivity index (χ0v) is 30.7. The van der Waals surface area contributed by atoms with Crippen molar-refractivity contribution in [3.05, 3.63) is 121 Å². The minimum Gasteiger partial charge on any atom is -0.504 e. The molecule has 0 fully saturated rings. The number of rotatable bonds is 7. The lowest BCUT2D eigenvalue weighted by atomic mass is 9.96. The van der Waals surface area contributed by atoms with E-state index < -0.39 is 63.1 Å². The molecule has 2 aromatic heterocycles. The average molecular weight is 803 g/mol. The van der Waals surface area contributed by atoms with Crippen LogP contribution in [-0.2, 0) is 0 Å². The molecule has 15 heteroatoms. The fraction of sp³-hybridized carbons (Fsp3) is 0. The van der Waals surface area contributed by atoms with Gasteiger partial charge in [0.15, 0.2) is 40.5 Å². The molecule has 0 bridgehead atoms. The Bertz CT molecular complexity index is 3100. The summed E-state index contributed by atoms with van der Waals surface area (Å²) in [6.07, 6.45) is 0. The molecule has 0 spiro atoms. The predicted octanol–water partition coefficient (Wildman–Crippen LogP) is 8.96. The second-order valence-electron chi connectivity index (χ2n) is 13.6. The molecule has 2 heterocycles. The van der Waals surface area contributed by atoms with Crippen molar-refractivity contribution >= 4 is 39.0 Å². The van der Waals surface area contributed by atoms with Gasteiger partial charge in [-0.3, -0.25) is 0 Å². The summed E-state index contributed by atoms with van der Waals surface area (Å²) in [5.74, 6) is -10.4. The van der Waals surface area contributed by atoms with Gasteiger partial charge in [0.2, 0.25) is 34.5 Å². The van der Waals surface area contributed by atoms with Gasteiger partial charge in [-0.1, -0.05) is 84.9 Å². The molecule has 0 atom stereocenters. The van der Waals surface area contributed by atoms with Crippen LogP contribution in [0.5, 0.6) is 57.5 Å². The van der Waals surface area contributed by atoms with Crippen LogP contribution in [0.1, 0.15) is 0 Å². The Balaban J connectivity index is 1.24. The van der Waals surface area contributed by atoms with E-state index in [1.165, 1.54) is 4.90 Å². The first-order valence-corrected chi connectivity index (χ1v) is 18.0. The molecule has 60 heavy (non-hydrogen) atoms.